The molecular weight excluding hydrogens is 793 g/mol. The Morgan fingerprint density at radius 2 is 0.719 bits per heavy atom. The minimum absolute atomic E-state index is 0.00795. The third kappa shape index (κ3) is 47.3. The third-order valence-corrected chi connectivity index (χ3v) is 10.8. The van der Waals surface area contributed by atoms with Gasteiger partial charge in [-0.15, -0.1) is 0 Å². The van der Waals surface area contributed by atoms with E-state index in [1.54, 1.807) is 0 Å². The van der Waals surface area contributed by atoms with Gasteiger partial charge >= 0.3 is 0 Å². The number of hydrogen-bond donors (Lipinski definition) is 4. The molecule has 0 aromatic rings. The van der Waals surface area contributed by atoms with Crippen molar-refractivity contribution >= 4 is 23.6 Å². The Balaban J connectivity index is 3.80. The fraction of sp³-hybridized carbons (Fsp3) is 0.643. The SMILES string of the molecule is CCCCCCCC/C=C\C/C=C\C/C=C\C/C=C\CCC(=O)NCCCCCC(=O)N[C@@H](CCCCNC(=O)CC/C=C\C/C=C\C/C=C\C/C=C\CCCCCCCC)C(N)=O. The van der Waals surface area contributed by atoms with Crippen molar-refractivity contribution in [2.24, 2.45) is 5.73 Å². The van der Waals surface area contributed by atoms with Crippen LogP contribution < -0.4 is 21.7 Å². The van der Waals surface area contributed by atoms with E-state index in [4.69, 9.17) is 5.73 Å². The zero-order chi connectivity index (χ0) is 46.7. The summed E-state index contributed by atoms with van der Waals surface area (Å²) in [6.07, 6.45) is 65.8. The van der Waals surface area contributed by atoms with E-state index >= 15 is 0 Å². The maximum atomic E-state index is 12.5. The highest BCUT2D eigenvalue weighted by Gasteiger charge is 2.17. The first kappa shape index (κ1) is 59.8. The number of allylic oxidation sites excluding steroid dienone is 16. The summed E-state index contributed by atoms with van der Waals surface area (Å²) in [6.45, 7) is 5.62. The van der Waals surface area contributed by atoms with Gasteiger partial charge in [0.25, 0.3) is 0 Å². The lowest BCUT2D eigenvalue weighted by Gasteiger charge is -2.15. The molecule has 0 saturated carbocycles. The second kappa shape index (κ2) is 49.8. The molecule has 0 bridgehead atoms. The van der Waals surface area contributed by atoms with E-state index in [2.05, 4.69) is 121 Å². The first-order valence-electron chi connectivity index (χ1n) is 25.7. The molecule has 0 fully saturated rings. The molecule has 8 nitrogen and oxygen atoms in total. The summed E-state index contributed by atoms with van der Waals surface area (Å²) in [6, 6.07) is -0.719. The first-order valence-corrected chi connectivity index (χ1v) is 25.7. The molecule has 0 spiro atoms. The molecule has 0 unspecified atom stereocenters. The minimum atomic E-state index is -0.719. The van der Waals surface area contributed by atoms with Gasteiger partial charge in [0, 0.05) is 32.4 Å². The van der Waals surface area contributed by atoms with Crippen LogP contribution in [0.15, 0.2) is 97.2 Å². The summed E-state index contributed by atoms with van der Waals surface area (Å²) in [5.74, 6) is -0.699. The maximum Gasteiger partial charge on any atom is 0.239 e. The van der Waals surface area contributed by atoms with Crippen LogP contribution in [0.1, 0.15) is 213 Å². The molecule has 0 rings (SSSR count). The molecule has 5 N–H and O–H groups in total. The Morgan fingerprint density at radius 3 is 1.12 bits per heavy atom. The summed E-state index contributed by atoms with van der Waals surface area (Å²) < 4.78 is 0. The second-order valence-corrected chi connectivity index (χ2v) is 16.9. The van der Waals surface area contributed by atoms with Gasteiger partial charge < -0.3 is 21.7 Å². The number of primary amides is 1. The lowest BCUT2D eigenvalue weighted by molar-refractivity contribution is -0.127. The number of carbonyl (C=O) groups is 4. The Hall–Kier alpha value is -4.20. The van der Waals surface area contributed by atoms with Crippen molar-refractivity contribution < 1.29 is 19.2 Å². The number of unbranched alkanes of at least 4 members (excludes halogenated alkanes) is 15. The summed E-state index contributed by atoms with van der Waals surface area (Å²) in [5, 5.41) is 8.66. The fourth-order valence-corrected chi connectivity index (χ4v) is 6.86. The van der Waals surface area contributed by atoms with Crippen LogP contribution in [0.3, 0.4) is 0 Å². The van der Waals surface area contributed by atoms with Crippen molar-refractivity contribution in [3.63, 3.8) is 0 Å². The largest absolute Gasteiger partial charge is 0.368 e. The molecule has 1 atom stereocenters. The molecule has 0 aromatic carbocycles. The number of carbonyl (C=O) groups excluding carboxylic acids is 4. The highest BCUT2D eigenvalue weighted by atomic mass is 16.2. The molecule has 0 saturated heterocycles. The average Bonchev–Trinajstić information content (AvgIpc) is 3.28. The summed E-state index contributed by atoms with van der Waals surface area (Å²) in [4.78, 5) is 48.8. The Morgan fingerprint density at radius 1 is 0.375 bits per heavy atom. The van der Waals surface area contributed by atoms with Crippen LogP contribution in [0.25, 0.3) is 0 Å². The van der Waals surface area contributed by atoms with E-state index < -0.39 is 11.9 Å². The van der Waals surface area contributed by atoms with Crippen LogP contribution >= 0.6 is 0 Å². The van der Waals surface area contributed by atoms with E-state index in [1.807, 2.05) is 6.08 Å². The minimum Gasteiger partial charge on any atom is -0.368 e. The Bertz CT molecular complexity index is 1370. The van der Waals surface area contributed by atoms with Gasteiger partial charge in [-0.05, 0) is 109 Å². The van der Waals surface area contributed by atoms with Gasteiger partial charge in [-0.3, -0.25) is 19.2 Å². The number of nitrogens with two attached hydrogens (primary N) is 1. The lowest BCUT2D eigenvalue weighted by atomic mass is 10.1. The third-order valence-electron chi connectivity index (χ3n) is 10.8. The summed E-state index contributed by atoms with van der Waals surface area (Å²) >= 11 is 0. The summed E-state index contributed by atoms with van der Waals surface area (Å²) in [7, 11) is 0. The molecular formula is C56H94N4O4. The van der Waals surface area contributed by atoms with E-state index in [-0.39, 0.29) is 17.7 Å². The van der Waals surface area contributed by atoms with Crippen molar-refractivity contribution in [2.75, 3.05) is 13.1 Å². The fourth-order valence-electron chi connectivity index (χ4n) is 6.86. The van der Waals surface area contributed by atoms with Crippen molar-refractivity contribution in [1.29, 1.82) is 0 Å². The van der Waals surface area contributed by atoms with Crippen LogP contribution in [0, 0.1) is 0 Å². The first-order chi connectivity index (χ1) is 31.4. The molecule has 4 amide bonds. The molecule has 0 aromatic heterocycles. The monoisotopic (exact) mass is 887 g/mol. The lowest BCUT2D eigenvalue weighted by Crippen LogP contribution is -2.44. The zero-order valence-corrected chi connectivity index (χ0v) is 40.9. The molecule has 0 aliphatic carbocycles. The van der Waals surface area contributed by atoms with E-state index in [1.165, 1.54) is 89.9 Å². The predicted molar refractivity (Wildman–Crippen MR) is 275 cm³/mol. The smallest absolute Gasteiger partial charge is 0.239 e. The quantitative estimate of drug-likeness (QED) is 0.0358. The van der Waals surface area contributed by atoms with Gasteiger partial charge in [0.1, 0.15) is 6.04 Å². The van der Waals surface area contributed by atoms with E-state index in [9.17, 15) is 19.2 Å². The molecule has 362 valence electrons. The van der Waals surface area contributed by atoms with Gasteiger partial charge in [-0.2, -0.15) is 0 Å². The van der Waals surface area contributed by atoms with Crippen LogP contribution in [-0.2, 0) is 19.2 Å². The van der Waals surface area contributed by atoms with Crippen LogP contribution in [0.4, 0.5) is 0 Å². The topological polar surface area (TPSA) is 130 Å². The number of nitrogens with one attached hydrogen (secondary N) is 3. The van der Waals surface area contributed by atoms with Gasteiger partial charge in [0.15, 0.2) is 0 Å². The van der Waals surface area contributed by atoms with Crippen LogP contribution in [0.5, 0.6) is 0 Å². The molecule has 0 aliphatic rings. The van der Waals surface area contributed by atoms with Crippen LogP contribution in [-0.4, -0.2) is 42.8 Å². The normalized spacial score (nSPS) is 12.8. The van der Waals surface area contributed by atoms with Crippen molar-refractivity contribution in [3.05, 3.63) is 97.2 Å². The van der Waals surface area contributed by atoms with Gasteiger partial charge in [0.2, 0.25) is 23.6 Å². The predicted octanol–water partition coefficient (Wildman–Crippen LogP) is 13.8. The average molecular weight is 887 g/mol. The highest BCUT2D eigenvalue weighted by molar-refractivity contribution is 5.86. The number of rotatable bonds is 45. The van der Waals surface area contributed by atoms with E-state index in [0.717, 1.165) is 51.4 Å². The number of amides is 4. The van der Waals surface area contributed by atoms with Gasteiger partial charge in [-0.1, -0.05) is 182 Å². The van der Waals surface area contributed by atoms with Crippen LogP contribution in [0.2, 0.25) is 0 Å². The zero-order valence-electron chi connectivity index (χ0n) is 40.9. The molecule has 8 heteroatoms. The molecule has 0 heterocycles. The summed E-state index contributed by atoms with van der Waals surface area (Å²) in [5.41, 5.74) is 5.55. The maximum absolute atomic E-state index is 12.5. The number of hydrogen-bond acceptors (Lipinski definition) is 4. The van der Waals surface area contributed by atoms with Crippen molar-refractivity contribution in [1.82, 2.24) is 16.0 Å². The van der Waals surface area contributed by atoms with E-state index in [0.29, 0.717) is 70.9 Å². The van der Waals surface area contributed by atoms with Crippen molar-refractivity contribution in [2.45, 2.75) is 219 Å². The van der Waals surface area contributed by atoms with Gasteiger partial charge in [-0.25, -0.2) is 0 Å². The second-order valence-electron chi connectivity index (χ2n) is 16.9. The molecule has 64 heavy (non-hydrogen) atoms. The highest BCUT2D eigenvalue weighted by Crippen LogP contribution is 2.09. The molecule has 0 radical (unpaired) electrons. The van der Waals surface area contributed by atoms with Crippen molar-refractivity contribution in [3.8, 4) is 0 Å². The Kier molecular flexibility index (Phi) is 46.5. The standard InChI is InChI=1S/C56H94N4O4/c1-3-5-7-9-11-13-15-17-19-21-23-25-27-29-31-33-35-37-40-47-53(61)58-50-44-39-42-49-55(63)60-52(56(57)64)46-43-45-51-59-54(62)48-41-38-36-34-32-30-28-26-24-22-20-18-16-14-12-10-8-6-4-2/h17-20,23-26,29-32,35-38,52H,3-16,21-22,27-28,33-34,39-51H2,1-2H3,(H2,57,64)(H,58,61)(H,59,62)(H,60,63)/b19-17-,20-18-,25-23-,26-24-,31-29-,32-30-,37-35-,38-36-/t52-/m0/s1. The molecule has 0 aliphatic heterocycles. The van der Waals surface area contributed by atoms with Gasteiger partial charge in [0.05, 0.1) is 0 Å². The Labute approximate surface area is 392 Å².